The minimum Gasteiger partial charge on any atom is -0.0988 e. The first kappa shape index (κ1) is 12.4. The van der Waals surface area contributed by atoms with E-state index < -0.39 is 0 Å². The van der Waals surface area contributed by atoms with Gasteiger partial charge in [0.2, 0.25) is 0 Å². The van der Waals surface area contributed by atoms with Gasteiger partial charge in [-0.1, -0.05) is 60.2 Å². The highest BCUT2D eigenvalue weighted by atomic mass is 79.9. The second-order valence-electron chi connectivity index (χ2n) is 1.43. The first-order valence-electron chi connectivity index (χ1n) is 3.37. The topological polar surface area (TPSA) is 0 Å². The van der Waals surface area contributed by atoms with Gasteiger partial charge in [-0.25, -0.2) is 0 Å². The van der Waals surface area contributed by atoms with E-state index in [1.54, 1.807) is 4.99 Å². The molecule has 0 N–H and O–H groups in total. The number of hydrogen-bond donors (Lipinski definition) is 0. The van der Waals surface area contributed by atoms with Crippen molar-refractivity contribution in [2.75, 3.05) is 0 Å². The van der Waals surface area contributed by atoms with Crippen molar-refractivity contribution in [3.05, 3.63) is 35.4 Å². The Labute approximate surface area is 72.5 Å². The summed E-state index contributed by atoms with van der Waals surface area (Å²) in [4.78, 5) is 1.81. The van der Waals surface area contributed by atoms with Crippen molar-refractivity contribution < 1.29 is 0 Å². The minimum atomic E-state index is 1.17. The van der Waals surface area contributed by atoms with Crippen LogP contribution in [0.3, 0.4) is 0 Å². The largest absolute Gasteiger partial charge is 0.0988 e. The predicted molar refractivity (Wildman–Crippen MR) is 53.4 cm³/mol. The van der Waals surface area contributed by atoms with Gasteiger partial charge in [0.25, 0.3) is 0 Å². The zero-order chi connectivity index (χ0) is 8.41. The van der Waals surface area contributed by atoms with Crippen LogP contribution in [0.5, 0.6) is 0 Å². The lowest BCUT2D eigenvalue weighted by Crippen LogP contribution is -1.59. The molecule has 0 atom stereocenters. The molecular formula is C9H15Br. The molecule has 0 heterocycles. The maximum atomic E-state index is 3.60. The molecule has 0 bridgehead atoms. The molecule has 0 aromatic rings. The SMILES string of the molecule is C=C/C(C)=C\C=C\Br.CC. The number of hydrogen-bond acceptors (Lipinski definition) is 0. The molecule has 10 heavy (non-hydrogen) atoms. The third-order valence-electron chi connectivity index (χ3n) is 0.754. The van der Waals surface area contributed by atoms with Gasteiger partial charge < -0.3 is 0 Å². The Balaban J connectivity index is 0. The molecule has 1 heteroatoms. The highest BCUT2D eigenvalue weighted by Crippen LogP contribution is 1.93. The maximum absolute atomic E-state index is 3.60. The molecule has 0 rings (SSSR count). The molecule has 0 saturated carbocycles. The zero-order valence-corrected chi connectivity index (χ0v) is 8.48. The highest BCUT2D eigenvalue weighted by molar-refractivity contribution is 9.11. The molecule has 0 radical (unpaired) electrons. The Hall–Kier alpha value is -0.300. The van der Waals surface area contributed by atoms with E-state index in [0.29, 0.717) is 0 Å². The van der Waals surface area contributed by atoms with Crippen molar-refractivity contribution in [1.29, 1.82) is 0 Å². The van der Waals surface area contributed by atoms with Gasteiger partial charge in [-0.2, -0.15) is 0 Å². The van der Waals surface area contributed by atoms with E-state index in [4.69, 9.17) is 0 Å². The second-order valence-corrected chi connectivity index (χ2v) is 1.96. The standard InChI is InChI=1S/C7H9Br.C2H6/c1-3-7(2)5-4-6-8;1-2/h3-6H,1H2,2H3;1-2H3/b6-4+,7-5-;. The quantitative estimate of drug-likeness (QED) is 0.594. The van der Waals surface area contributed by atoms with Crippen LogP contribution in [0.4, 0.5) is 0 Å². The molecule has 0 nitrogen and oxygen atoms in total. The van der Waals surface area contributed by atoms with Crippen LogP contribution < -0.4 is 0 Å². The molecule has 0 aliphatic heterocycles. The number of rotatable bonds is 2. The molecule has 0 fully saturated rings. The van der Waals surface area contributed by atoms with Gasteiger partial charge in [0.15, 0.2) is 0 Å². The van der Waals surface area contributed by atoms with Gasteiger partial charge in [-0.3, -0.25) is 0 Å². The van der Waals surface area contributed by atoms with Gasteiger partial charge in [0, 0.05) is 0 Å². The van der Waals surface area contributed by atoms with Crippen molar-refractivity contribution in [3.63, 3.8) is 0 Å². The summed E-state index contributed by atoms with van der Waals surface area (Å²) in [5, 5.41) is 0. The van der Waals surface area contributed by atoms with Gasteiger partial charge in [0.1, 0.15) is 0 Å². The number of allylic oxidation sites excluding steroid dienone is 4. The van der Waals surface area contributed by atoms with E-state index in [0.717, 1.165) is 0 Å². The Morgan fingerprint density at radius 1 is 1.40 bits per heavy atom. The molecule has 0 aromatic heterocycles. The molecule has 0 aromatic carbocycles. The average molecular weight is 203 g/mol. The third-order valence-corrected chi connectivity index (χ3v) is 1.06. The summed E-state index contributed by atoms with van der Waals surface area (Å²) >= 11 is 3.15. The first-order chi connectivity index (χ1) is 4.81. The molecule has 0 aliphatic rings. The van der Waals surface area contributed by atoms with Crippen molar-refractivity contribution in [1.82, 2.24) is 0 Å². The molecule has 0 spiro atoms. The number of halogens is 1. The Kier molecular flexibility index (Phi) is 14.2. The third kappa shape index (κ3) is 10.6. The maximum Gasteiger partial charge on any atom is -0.0189 e. The lowest BCUT2D eigenvalue weighted by Gasteiger charge is -1.81. The predicted octanol–water partition coefficient (Wildman–Crippen LogP) is 4.05. The van der Waals surface area contributed by atoms with Crippen LogP contribution >= 0.6 is 15.9 Å². The van der Waals surface area contributed by atoms with Crippen LogP contribution in [0.15, 0.2) is 35.4 Å². The van der Waals surface area contributed by atoms with Crippen LogP contribution in [0.2, 0.25) is 0 Å². The Morgan fingerprint density at radius 3 is 2.20 bits per heavy atom. The van der Waals surface area contributed by atoms with E-state index in [2.05, 4.69) is 22.5 Å². The Bertz CT molecular complexity index is 121. The molecule has 0 aliphatic carbocycles. The zero-order valence-electron chi connectivity index (χ0n) is 6.89. The van der Waals surface area contributed by atoms with E-state index in [9.17, 15) is 0 Å². The normalized spacial score (nSPS) is 10.6. The van der Waals surface area contributed by atoms with Gasteiger partial charge in [0.05, 0.1) is 0 Å². The van der Waals surface area contributed by atoms with Crippen LogP contribution in [0.25, 0.3) is 0 Å². The highest BCUT2D eigenvalue weighted by Gasteiger charge is 1.70. The molecule has 0 amide bonds. The monoisotopic (exact) mass is 202 g/mol. The summed E-state index contributed by atoms with van der Waals surface area (Å²) in [6, 6.07) is 0. The van der Waals surface area contributed by atoms with Crippen molar-refractivity contribution >= 4 is 15.9 Å². The van der Waals surface area contributed by atoms with Gasteiger partial charge in [-0.15, -0.1) is 0 Å². The van der Waals surface area contributed by atoms with E-state index in [1.165, 1.54) is 5.57 Å². The van der Waals surface area contributed by atoms with Crippen molar-refractivity contribution in [2.45, 2.75) is 20.8 Å². The van der Waals surface area contributed by atoms with Gasteiger partial charge >= 0.3 is 0 Å². The first-order valence-corrected chi connectivity index (χ1v) is 4.29. The average Bonchev–Trinajstić information content (AvgIpc) is 2.04. The molecule has 0 saturated heterocycles. The lowest BCUT2D eigenvalue weighted by atomic mass is 10.3. The summed E-state index contributed by atoms with van der Waals surface area (Å²) < 4.78 is 0. The van der Waals surface area contributed by atoms with Gasteiger partial charge in [-0.05, 0) is 11.9 Å². The Morgan fingerprint density at radius 2 is 1.90 bits per heavy atom. The molecule has 58 valence electrons. The van der Waals surface area contributed by atoms with E-state index in [1.807, 2.05) is 39.0 Å². The van der Waals surface area contributed by atoms with Crippen LogP contribution in [0.1, 0.15) is 20.8 Å². The summed E-state index contributed by atoms with van der Waals surface area (Å²) in [5.74, 6) is 0. The minimum absolute atomic E-state index is 1.17. The van der Waals surface area contributed by atoms with Crippen LogP contribution in [0, 0.1) is 0 Å². The lowest BCUT2D eigenvalue weighted by molar-refractivity contribution is 1.50. The summed E-state index contributed by atoms with van der Waals surface area (Å²) in [7, 11) is 0. The fourth-order valence-corrected chi connectivity index (χ4v) is 0.409. The summed E-state index contributed by atoms with van der Waals surface area (Å²) in [6.45, 7) is 9.60. The fourth-order valence-electron chi connectivity index (χ4n) is 0.256. The van der Waals surface area contributed by atoms with Crippen LogP contribution in [-0.2, 0) is 0 Å². The fraction of sp³-hybridized carbons (Fsp3) is 0.333. The molecule has 0 unspecified atom stereocenters. The van der Waals surface area contributed by atoms with Crippen molar-refractivity contribution in [3.8, 4) is 0 Å². The van der Waals surface area contributed by atoms with E-state index in [-0.39, 0.29) is 0 Å². The van der Waals surface area contributed by atoms with E-state index >= 15 is 0 Å². The molecular weight excluding hydrogens is 188 g/mol. The second kappa shape index (κ2) is 11.5. The smallest absolute Gasteiger partial charge is 0.0189 e. The summed E-state index contributed by atoms with van der Waals surface area (Å²) in [5.41, 5.74) is 1.17. The van der Waals surface area contributed by atoms with Crippen molar-refractivity contribution in [2.24, 2.45) is 0 Å². The summed E-state index contributed by atoms with van der Waals surface area (Å²) in [6.07, 6.45) is 5.70. The van der Waals surface area contributed by atoms with Crippen LogP contribution in [-0.4, -0.2) is 0 Å².